The molecule has 0 aliphatic rings. The van der Waals surface area contributed by atoms with Crippen LogP contribution in [-0.2, 0) is 6.42 Å². The van der Waals surface area contributed by atoms with Crippen LogP contribution in [0.15, 0.2) is 24.3 Å². The Morgan fingerprint density at radius 1 is 1.22 bits per heavy atom. The highest BCUT2D eigenvalue weighted by atomic mass is 16.5. The zero-order chi connectivity index (χ0) is 13.2. The minimum Gasteiger partial charge on any atom is -0.497 e. The summed E-state index contributed by atoms with van der Waals surface area (Å²) in [5, 5.41) is 3.57. The van der Waals surface area contributed by atoms with E-state index in [1.807, 2.05) is 6.07 Å². The largest absolute Gasteiger partial charge is 0.497 e. The van der Waals surface area contributed by atoms with E-state index in [1.54, 1.807) is 7.11 Å². The maximum absolute atomic E-state index is 5.25. The lowest BCUT2D eigenvalue weighted by atomic mass is 10.0. The fraction of sp³-hybridized carbons (Fsp3) is 0.625. The van der Waals surface area contributed by atoms with Gasteiger partial charge in [-0.15, -0.1) is 0 Å². The van der Waals surface area contributed by atoms with Gasteiger partial charge in [0.15, 0.2) is 0 Å². The van der Waals surface area contributed by atoms with Gasteiger partial charge in [-0.3, -0.25) is 0 Å². The van der Waals surface area contributed by atoms with Gasteiger partial charge in [-0.1, -0.05) is 32.4 Å². The molecule has 102 valence electrons. The van der Waals surface area contributed by atoms with Gasteiger partial charge in [-0.05, 0) is 49.9 Å². The van der Waals surface area contributed by atoms with Crippen LogP contribution in [0.1, 0.15) is 45.1 Å². The molecular formula is C16H27NO. The first kappa shape index (κ1) is 15.0. The summed E-state index contributed by atoms with van der Waals surface area (Å²) in [5.41, 5.74) is 1.38. The van der Waals surface area contributed by atoms with Gasteiger partial charge in [0.05, 0.1) is 7.11 Å². The Balaban J connectivity index is 2.34. The van der Waals surface area contributed by atoms with Crippen LogP contribution in [0.2, 0.25) is 0 Å². The third-order valence-corrected chi connectivity index (χ3v) is 3.28. The highest BCUT2D eigenvalue weighted by Crippen LogP contribution is 2.15. The first-order valence-corrected chi connectivity index (χ1v) is 7.16. The Bertz CT molecular complexity index is 319. The second kappa shape index (κ2) is 8.98. The van der Waals surface area contributed by atoms with Crippen LogP contribution >= 0.6 is 0 Å². The summed E-state index contributed by atoms with van der Waals surface area (Å²) in [7, 11) is 1.72. The highest BCUT2D eigenvalue weighted by molar-refractivity contribution is 5.28. The average Bonchev–Trinajstić information content (AvgIpc) is 2.39. The van der Waals surface area contributed by atoms with Gasteiger partial charge >= 0.3 is 0 Å². The molecule has 0 aliphatic carbocycles. The monoisotopic (exact) mass is 249 g/mol. The summed E-state index contributed by atoms with van der Waals surface area (Å²) in [4.78, 5) is 0. The Morgan fingerprint density at radius 2 is 2.06 bits per heavy atom. The van der Waals surface area contributed by atoms with E-state index in [0.29, 0.717) is 6.04 Å². The molecule has 0 fully saturated rings. The topological polar surface area (TPSA) is 21.3 Å². The van der Waals surface area contributed by atoms with Crippen molar-refractivity contribution < 1.29 is 4.74 Å². The molecule has 0 bridgehead atoms. The highest BCUT2D eigenvalue weighted by Gasteiger charge is 2.05. The number of methoxy groups -OCH3 is 1. The van der Waals surface area contributed by atoms with Crippen LogP contribution < -0.4 is 10.1 Å². The van der Waals surface area contributed by atoms with E-state index < -0.39 is 0 Å². The molecule has 1 unspecified atom stereocenters. The molecule has 0 radical (unpaired) electrons. The first-order valence-electron chi connectivity index (χ1n) is 7.16. The minimum absolute atomic E-state index is 0.686. The molecule has 1 aromatic rings. The summed E-state index contributed by atoms with van der Waals surface area (Å²) in [6.45, 7) is 5.51. The number of hydrogen-bond donors (Lipinski definition) is 1. The molecule has 1 rings (SSSR count). The summed E-state index contributed by atoms with van der Waals surface area (Å²) in [6, 6.07) is 9.09. The van der Waals surface area contributed by atoms with Gasteiger partial charge in [-0.2, -0.15) is 0 Å². The van der Waals surface area contributed by atoms with Gasteiger partial charge < -0.3 is 10.1 Å². The molecule has 0 saturated heterocycles. The van der Waals surface area contributed by atoms with E-state index in [4.69, 9.17) is 4.74 Å². The maximum Gasteiger partial charge on any atom is 0.119 e. The van der Waals surface area contributed by atoms with Crippen LogP contribution in [0.25, 0.3) is 0 Å². The van der Waals surface area contributed by atoms with Crippen LogP contribution in [-0.4, -0.2) is 19.7 Å². The lowest BCUT2D eigenvalue weighted by Crippen LogP contribution is -2.28. The van der Waals surface area contributed by atoms with Crippen molar-refractivity contribution in [2.24, 2.45) is 0 Å². The Hall–Kier alpha value is -1.02. The first-order chi connectivity index (χ1) is 8.80. The van der Waals surface area contributed by atoms with Crippen LogP contribution in [0.4, 0.5) is 0 Å². The molecule has 0 saturated carbocycles. The molecule has 2 nitrogen and oxygen atoms in total. The third-order valence-electron chi connectivity index (χ3n) is 3.28. The molecule has 0 amide bonds. The lowest BCUT2D eigenvalue weighted by molar-refractivity contribution is 0.414. The standard InChI is InChI=1S/C16H27NO/c1-4-8-15(17-5-2)11-6-9-14-10-7-12-16(13-14)18-3/h7,10,12-13,15,17H,4-6,8-9,11H2,1-3H3. The van der Waals surface area contributed by atoms with Crippen molar-refractivity contribution in [1.29, 1.82) is 0 Å². The van der Waals surface area contributed by atoms with Crippen molar-refractivity contribution >= 4 is 0 Å². The molecular weight excluding hydrogens is 222 g/mol. The number of nitrogens with one attached hydrogen (secondary N) is 1. The summed E-state index contributed by atoms with van der Waals surface area (Å²) in [5.74, 6) is 0.962. The van der Waals surface area contributed by atoms with E-state index in [-0.39, 0.29) is 0 Å². The zero-order valence-corrected chi connectivity index (χ0v) is 12.0. The number of benzene rings is 1. The van der Waals surface area contributed by atoms with Crippen LogP contribution in [0.3, 0.4) is 0 Å². The molecule has 0 aromatic heterocycles. The van der Waals surface area contributed by atoms with Gasteiger partial charge in [0, 0.05) is 6.04 Å². The summed E-state index contributed by atoms with van der Waals surface area (Å²) < 4.78 is 5.25. The minimum atomic E-state index is 0.686. The quantitative estimate of drug-likeness (QED) is 0.719. The normalized spacial score (nSPS) is 12.4. The third kappa shape index (κ3) is 5.54. The summed E-state index contributed by atoms with van der Waals surface area (Å²) >= 11 is 0. The zero-order valence-electron chi connectivity index (χ0n) is 12.0. The molecule has 1 atom stereocenters. The van der Waals surface area contributed by atoms with E-state index in [2.05, 4.69) is 37.4 Å². The predicted molar refractivity (Wildman–Crippen MR) is 78.3 cm³/mol. The van der Waals surface area contributed by atoms with E-state index in [1.165, 1.54) is 31.2 Å². The van der Waals surface area contributed by atoms with E-state index in [9.17, 15) is 0 Å². The van der Waals surface area contributed by atoms with Gasteiger partial charge in [0.1, 0.15) is 5.75 Å². The van der Waals surface area contributed by atoms with Crippen molar-refractivity contribution in [2.75, 3.05) is 13.7 Å². The van der Waals surface area contributed by atoms with Crippen molar-refractivity contribution in [1.82, 2.24) is 5.32 Å². The number of aryl methyl sites for hydroxylation is 1. The fourth-order valence-electron chi connectivity index (χ4n) is 2.37. The molecule has 1 N–H and O–H groups in total. The molecule has 18 heavy (non-hydrogen) atoms. The van der Waals surface area contributed by atoms with Gasteiger partial charge in [-0.25, -0.2) is 0 Å². The van der Waals surface area contributed by atoms with Crippen molar-refractivity contribution in [3.05, 3.63) is 29.8 Å². The van der Waals surface area contributed by atoms with Crippen LogP contribution in [0.5, 0.6) is 5.75 Å². The molecule has 1 aromatic carbocycles. The second-order valence-corrected chi connectivity index (χ2v) is 4.79. The maximum atomic E-state index is 5.25. The van der Waals surface area contributed by atoms with Crippen LogP contribution in [0, 0.1) is 0 Å². The molecule has 0 aliphatic heterocycles. The van der Waals surface area contributed by atoms with E-state index >= 15 is 0 Å². The average molecular weight is 249 g/mol. The number of hydrogen-bond acceptors (Lipinski definition) is 2. The molecule has 2 heteroatoms. The fourth-order valence-corrected chi connectivity index (χ4v) is 2.37. The Kier molecular flexibility index (Phi) is 7.51. The number of ether oxygens (including phenoxy) is 1. The van der Waals surface area contributed by atoms with Gasteiger partial charge in [0.25, 0.3) is 0 Å². The molecule has 0 heterocycles. The Morgan fingerprint density at radius 3 is 2.72 bits per heavy atom. The van der Waals surface area contributed by atoms with Gasteiger partial charge in [0.2, 0.25) is 0 Å². The lowest BCUT2D eigenvalue weighted by Gasteiger charge is -2.16. The summed E-state index contributed by atoms with van der Waals surface area (Å²) in [6.07, 6.45) is 6.19. The molecule has 0 spiro atoms. The second-order valence-electron chi connectivity index (χ2n) is 4.79. The smallest absolute Gasteiger partial charge is 0.119 e. The van der Waals surface area contributed by atoms with Crippen molar-refractivity contribution in [2.45, 2.75) is 52.0 Å². The predicted octanol–water partition coefficient (Wildman–Crippen LogP) is 3.80. The Labute approximate surface area is 112 Å². The SMILES string of the molecule is CCCC(CCCc1cccc(OC)c1)NCC. The van der Waals surface area contributed by atoms with Crippen molar-refractivity contribution in [3.8, 4) is 5.75 Å². The van der Waals surface area contributed by atoms with Crippen molar-refractivity contribution in [3.63, 3.8) is 0 Å². The number of rotatable bonds is 9. The van der Waals surface area contributed by atoms with E-state index in [0.717, 1.165) is 18.7 Å².